The molecule has 3 aromatic carbocycles. The Bertz CT molecular complexity index is 1150. The molecule has 3 amide bonds. The lowest BCUT2D eigenvalue weighted by atomic mass is 10.1. The Morgan fingerprint density at radius 1 is 0.844 bits per heavy atom. The lowest BCUT2D eigenvalue weighted by molar-refractivity contribution is -0.114. The summed E-state index contributed by atoms with van der Waals surface area (Å²) >= 11 is 6.22. The standard InChI is InChI=1S/C24H22ClN3O4/c1-15(29)27-21-13-22(32-2)18(12-19(21)25)24(31)28-20-11-7-6-10-17(20)23(30)26-14-16-8-4-3-5-9-16/h3-13H,14H2,1-2H3,(H,26,30)(H,27,29)(H,28,31). The summed E-state index contributed by atoms with van der Waals surface area (Å²) in [5.41, 5.74) is 2.10. The van der Waals surface area contributed by atoms with Gasteiger partial charge in [-0.15, -0.1) is 0 Å². The third kappa shape index (κ3) is 5.65. The van der Waals surface area contributed by atoms with Crippen molar-refractivity contribution in [3.63, 3.8) is 0 Å². The quantitative estimate of drug-likeness (QED) is 0.493. The van der Waals surface area contributed by atoms with Crippen molar-refractivity contribution in [3.8, 4) is 5.75 Å². The molecule has 7 nitrogen and oxygen atoms in total. The Labute approximate surface area is 190 Å². The Kier molecular flexibility index (Phi) is 7.46. The van der Waals surface area contributed by atoms with Crippen molar-refractivity contribution in [2.24, 2.45) is 0 Å². The van der Waals surface area contributed by atoms with Gasteiger partial charge >= 0.3 is 0 Å². The van der Waals surface area contributed by atoms with Gasteiger partial charge in [0.25, 0.3) is 11.8 Å². The first-order chi connectivity index (χ1) is 15.4. The summed E-state index contributed by atoms with van der Waals surface area (Å²) in [6.45, 7) is 1.71. The van der Waals surface area contributed by atoms with Gasteiger partial charge in [-0.3, -0.25) is 14.4 Å². The number of anilines is 2. The van der Waals surface area contributed by atoms with Crippen LogP contribution in [-0.4, -0.2) is 24.8 Å². The number of ether oxygens (including phenoxy) is 1. The fourth-order valence-electron chi connectivity index (χ4n) is 3.04. The third-order valence-corrected chi connectivity index (χ3v) is 4.87. The van der Waals surface area contributed by atoms with Gasteiger partial charge in [-0.1, -0.05) is 54.1 Å². The van der Waals surface area contributed by atoms with Gasteiger partial charge in [-0.2, -0.15) is 0 Å². The van der Waals surface area contributed by atoms with Crippen molar-refractivity contribution in [3.05, 3.63) is 88.4 Å². The maximum atomic E-state index is 13.0. The molecule has 8 heteroatoms. The van der Waals surface area contributed by atoms with Crippen LogP contribution in [0.4, 0.5) is 11.4 Å². The van der Waals surface area contributed by atoms with Crippen LogP contribution in [-0.2, 0) is 11.3 Å². The number of halogens is 1. The van der Waals surface area contributed by atoms with Crippen molar-refractivity contribution in [1.82, 2.24) is 5.32 Å². The van der Waals surface area contributed by atoms with Gasteiger partial charge < -0.3 is 20.7 Å². The van der Waals surface area contributed by atoms with Crippen LogP contribution >= 0.6 is 11.6 Å². The van der Waals surface area contributed by atoms with Gasteiger partial charge in [0.2, 0.25) is 5.91 Å². The second kappa shape index (κ2) is 10.5. The Morgan fingerprint density at radius 3 is 2.22 bits per heavy atom. The Hall–Kier alpha value is -3.84. The molecule has 0 aliphatic rings. The van der Waals surface area contributed by atoms with E-state index in [1.165, 1.54) is 26.2 Å². The number of carbonyl (C=O) groups excluding carboxylic acids is 3. The average Bonchev–Trinajstić information content (AvgIpc) is 2.79. The van der Waals surface area contributed by atoms with E-state index in [-0.39, 0.29) is 28.1 Å². The first kappa shape index (κ1) is 22.8. The lowest BCUT2D eigenvalue weighted by Gasteiger charge is -2.15. The van der Waals surface area contributed by atoms with Gasteiger partial charge in [0, 0.05) is 19.5 Å². The maximum Gasteiger partial charge on any atom is 0.259 e. The molecular weight excluding hydrogens is 430 g/mol. The summed E-state index contributed by atoms with van der Waals surface area (Å²) in [5.74, 6) is -0.916. The Balaban J connectivity index is 1.80. The highest BCUT2D eigenvalue weighted by Gasteiger charge is 2.19. The van der Waals surface area contributed by atoms with E-state index in [2.05, 4.69) is 16.0 Å². The molecule has 0 aliphatic carbocycles. The predicted octanol–water partition coefficient (Wildman–Crippen LogP) is 4.49. The van der Waals surface area contributed by atoms with Crippen molar-refractivity contribution in [2.45, 2.75) is 13.5 Å². The van der Waals surface area contributed by atoms with Crippen LogP contribution < -0.4 is 20.7 Å². The zero-order valence-corrected chi connectivity index (χ0v) is 18.3. The molecule has 0 spiro atoms. The number of para-hydroxylation sites is 1. The van der Waals surface area contributed by atoms with E-state index < -0.39 is 5.91 Å². The fourth-order valence-corrected chi connectivity index (χ4v) is 3.25. The molecule has 0 aromatic heterocycles. The highest BCUT2D eigenvalue weighted by molar-refractivity contribution is 6.34. The van der Waals surface area contributed by atoms with E-state index in [1.54, 1.807) is 24.3 Å². The number of carbonyl (C=O) groups is 3. The summed E-state index contributed by atoms with van der Waals surface area (Å²) in [7, 11) is 1.41. The van der Waals surface area contributed by atoms with Crippen molar-refractivity contribution >= 4 is 40.7 Å². The lowest BCUT2D eigenvalue weighted by Crippen LogP contribution is -2.25. The molecule has 0 saturated heterocycles. The highest BCUT2D eigenvalue weighted by Crippen LogP contribution is 2.31. The summed E-state index contributed by atoms with van der Waals surface area (Å²) in [5, 5.41) is 8.35. The number of hydrogen-bond donors (Lipinski definition) is 3. The van der Waals surface area contributed by atoms with Gasteiger partial charge in [-0.25, -0.2) is 0 Å². The molecule has 0 atom stereocenters. The average molecular weight is 452 g/mol. The fraction of sp³-hybridized carbons (Fsp3) is 0.125. The highest BCUT2D eigenvalue weighted by atomic mass is 35.5. The molecule has 0 unspecified atom stereocenters. The number of amides is 3. The number of rotatable bonds is 7. The van der Waals surface area contributed by atoms with Gasteiger partial charge in [0.1, 0.15) is 5.75 Å². The predicted molar refractivity (Wildman–Crippen MR) is 124 cm³/mol. The summed E-state index contributed by atoms with van der Waals surface area (Å²) in [6, 6.07) is 19.1. The van der Waals surface area contributed by atoms with E-state index in [0.717, 1.165) is 5.56 Å². The van der Waals surface area contributed by atoms with E-state index in [1.807, 2.05) is 30.3 Å². The molecule has 0 radical (unpaired) electrons. The zero-order chi connectivity index (χ0) is 23.1. The van der Waals surface area contributed by atoms with Crippen LogP contribution in [0.1, 0.15) is 33.2 Å². The molecule has 32 heavy (non-hydrogen) atoms. The largest absolute Gasteiger partial charge is 0.496 e. The van der Waals surface area contributed by atoms with Crippen molar-refractivity contribution in [2.75, 3.05) is 17.7 Å². The van der Waals surface area contributed by atoms with Gasteiger partial charge in [0.15, 0.2) is 0 Å². The second-order valence-corrected chi connectivity index (χ2v) is 7.29. The summed E-state index contributed by atoms with van der Waals surface area (Å²) < 4.78 is 5.30. The normalized spacial score (nSPS) is 10.2. The number of methoxy groups -OCH3 is 1. The molecule has 0 saturated carbocycles. The molecule has 3 rings (SSSR count). The minimum atomic E-state index is -0.513. The van der Waals surface area contributed by atoms with Crippen LogP contribution in [0.3, 0.4) is 0 Å². The molecule has 0 fully saturated rings. The molecule has 0 heterocycles. The van der Waals surface area contributed by atoms with Crippen LogP contribution in [0, 0.1) is 0 Å². The van der Waals surface area contributed by atoms with Gasteiger partial charge in [-0.05, 0) is 23.8 Å². The maximum absolute atomic E-state index is 13.0. The topological polar surface area (TPSA) is 96.5 Å². The van der Waals surface area contributed by atoms with Gasteiger partial charge in [0.05, 0.1) is 34.6 Å². The van der Waals surface area contributed by atoms with Crippen LogP contribution in [0.25, 0.3) is 0 Å². The molecule has 0 aliphatic heterocycles. The molecule has 0 bridgehead atoms. The third-order valence-electron chi connectivity index (χ3n) is 4.56. The van der Waals surface area contributed by atoms with E-state index >= 15 is 0 Å². The summed E-state index contributed by atoms with van der Waals surface area (Å²) in [4.78, 5) is 37.0. The second-order valence-electron chi connectivity index (χ2n) is 6.88. The summed E-state index contributed by atoms with van der Waals surface area (Å²) in [6.07, 6.45) is 0. The van der Waals surface area contributed by atoms with Crippen LogP contribution in [0.5, 0.6) is 5.75 Å². The first-order valence-corrected chi connectivity index (χ1v) is 10.1. The zero-order valence-electron chi connectivity index (χ0n) is 17.6. The first-order valence-electron chi connectivity index (χ1n) is 9.76. The molecule has 3 N–H and O–H groups in total. The molecule has 164 valence electrons. The SMILES string of the molecule is COc1cc(NC(C)=O)c(Cl)cc1C(=O)Nc1ccccc1C(=O)NCc1ccccc1. The minimum Gasteiger partial charge on any atom is -0.496 e. The van der Waals surface area contributed by atoms with Crippen molar-refractivity contribution in [1.29, 1.82) is 0 Å². The molecule has 3 aromatic rings. The minimum absolute atomic E-state index is 0.158. The monoisotopic (exact) mass is 451 g/mol. The number of benzene rings is 3. The van der Waals surface area contributed by atoms with Crippen LogP contribution in [0.15, 0.2) is 66.7 Å². The number of nitrogens with one attached hydrogen (secondary N) is 3. The van der Waals surface area contributed by atoms with E-state index in [0.29, 0.717) is 23.5 Å². The van der Waals surface area contributed by atoms with Crippen molar-refractivity contribution < 1.29 is 19.1 Å². The molecular formula is C24H22ClN3O4. The smallest absolute Gasteiger partial charge is 0.259 e. The number of hydrogen-bond acceptors (Lipinski definition) is 4. The van der Waals surface area contributed by atoms with E-state index in [9.17, 15) is 14.4 Å². The van der Waals surface area contributed by atoms with E-state index in [4.69, 9.17) is 16.3 Å². The van der Waals surface area contributed by atoms with Crippen LogP contribution in [0.2, 0.25) is 5.02 Å². The Morgan fingerprint density at radius 2 is 1.53 bits per heavy atom.